The molecule has 2 nitrogen and oxygen atoms in total. The first kappa shape index (κ1) is 15.6. The van der Waals surface area contributed by atoms with Crippen LogP contribution >= 0.6 is 8.01 Å². The molecule has 2 aliphatic rings. The molecule has 0 atom stereocenters. The Balaban J connectivity index is 2.01. The Morgan fingerprint density at radius 3 is 1.68 bits per heavy atom. The third-order valence-corrected chi connectivity index (χ3v) is 7.21. The SMILES string of the molecule is CCp1oc2ccc3c(c2c2c4c(ccc2o1)CCCC4)CCCC3. The van der Waals surface area contributed by atoms with E-state index in [1.54, 1.807) is 0 Å². The summed E-state index contributed by atoms with van der Waals surface area (Å²) in [5.41, 5.74) is 8.23. The molecule has 0 spiro atoms. The molecule has 5 rings (SSSR count). The third-order valence-electron chi connectivity index (χ3n) is 5.90. The van der Waals surface area contributed by atoms with Gasteiger partial charge in [0.05, 0.1) is 0 Å². The predicted octanol–water partition coefficient (Wildman–Crippen LogP) is 7.07. The van der Waals surface area contributed by atoms with Crippen LogP contribution in [0.5, 0.6) is 0 Å². The molecule has 0 aliphatic heterocycles. The van der Waals surface area contributed by atoms with Crippen LogP contribution in [0, 0.1) is 0 Å². The van der Waals surface area contributed by atoms with Gasteiger partial charge in [-0.05, 0) is 85.8 Å². The minimum atomic E-state index is -0.896. The van der Waals surface area contributed by atoms with Crippen LogP contribution in [0.25, 0.3) is 21.9 Å². The summed E-state index contributed by atoms with van der Waals surface area (Å²) in [6.45, 7) is 2.16. The molecule has 0 saturated heterocycles. The molecule has 2 aliphatic carbocycles. The lowest BCUT2D eigenvalue weighted by Crippen LogP contribution is -2.05. The van der Waals surface area contributed by atoms with Gasteiger partial charge in [-0.1, -0.05) is 19.1 Å². The Hall–Kier alpha value is -1.66. The summed E-state index contributed by atoms with van der Waals surface area (Å²) in [4.78, 5) is 0. The largest absolute Gasteiger partial charge is 0.419 e. The quantitative estimate of drug-likeness (QED) is 0.468. The Morgan fingerprint density at radius 1 is 0.720 bits per heavy atom. The first-order valence-electron chi connectivity index (χ1n) is 9.78. The van der Waals surface area contributed by atoms with Gasteiger partial charge < -0.3 is 8.39 Å². The molecule has 0 bridgehead atoms. The summed E-state index contributed by atoms with van der Waals surface area (Å²) in [5, 5.41) is 2.73. The van der Waals surface area contributed by atoms with E-state index in [0.717, 1.165) is 17.3 Å². The average molecular weight is 352 g/mol. The van der Waals surface area contributed by atoms with E-state index in [9.17, 15) is 0 Å². The van der Waals surface area contributed by atoms with E-state index >= 15 is 0 Å². The molecule has 0 saturated carbocycles. The summed E-state index contributed by atoms with van der Waals surface area (Å²) in [5.74, 6) is 0. The Bertz CT molecular complexity index is 922. The number of aryl methyl sites for hydroxylation is 5. The average Bonchev–Trinajstić information content (AvgIpc) is 2.84. The molecule has 25 heavy (non-hydrogen) atoms. The van der Waals surface area contributed by atoms with Gasteiger partial charge in [-0.15, -0.1) is 0 Å². The monoisotopic (exact) mass is 352 g/mol. The van der Waals surface area contributed by atoms with Crippen molar-refractivity contribution in [2.45, 2.75) is 64.5 Å². The van der Waals surface area contributed by atoms with E-state index in [2.05, 4.69) is 31.2 Å². The Kier molecular flexibility index (Phi) is 3.90. The van der Waals surface area contributed by atoms with Gasteiger partial charge in [0.25, 0.3) is 0 Å². The molecular weight excluding hydrogens is 327 g/mol. The second-order valence-corrected chi connectivity index (χ2v) is 9.06. The van der Waals surface area contributed by atoms with Crippen molar-refractivity contribution in [3.8, 4) is 0 Å². The Morgan fingerprint density at radius 2 is 1.20 bits per heavy atom. The first-order chi connectivity index (χ1) is 12.3. The third kappa shape index (κ3) is 2.54. The highest BCUT2D eigenvalue weighted by atomic mass is 31.1. The zero-order chi connectivity index (χ0) is 16.8. The number of rotatable bonds is 1. The molecular formula is C22H25O2P. The van der Waals surface area contributed by atoms with E-state index in [1.807, 2.05) is 0 Å². The molecule has 0 fully saturated rings. The van der Waals surface area contributed by atoms with Crippen molar-refractivity contribution in [2.75, 3.05) is 0 Å². The molecule has 3 aromatic rings. The van der Waals surface area contributed by atoms with Crippen molar-refractivity contribution in [2.24, 2.45) is 0 Å². The highest BCUT2D eigenvalue weighted by molar-refractivity contribution is 7.36. The topological polar surface area (TPSA) is 26.3 Å². The fourth-order valence-electron chi connectivity index (χ4n) is 4.68. The van der Waals surface area contributed by atoms with Crippen LogP contribution in [0.2, 0.25) is 0 Å². The molecule has 0 amide bonds. The van der Waals surface area contributed by atoms with Gasteiger partial charge in [-0.2, -0.15) is 0 Å². The van der Waals surface area contributed by atoms with Crippen molar-refractivity contribution in [3.05, 3.63) is 46.5 Å². The summed E-state index contributed by atoms with van der Waals surface area (Å²) in [7, 11) is -0.896. The molecule has 1 aromatic heterocycles. The number of hydrogen-bond acceptors (Lipinski definition) is 2. The van der Waals surface area contributed by atoms with Crippen LogP contribution < -0.4 is 0 Å². The highest BCUT2D eigenvalue weighted by Gasteiger charge is 2.20. The van der Waals surface area contributed by atoms with Gasteiger partial charge >= 0.3 is 0 Å². The summed E-state index contributed by atoms with van der Waals surface area (Å²) >= 11 is 0. The number of fused-ring (bicyclic) bond motifs is 7. The van der Waals surface area contributed by atoms with E-state index < -0.39 is 8.01 Å². The van der Waals surface area contributed by atoms with E-state index in [4.69, 9.17) is 8.39 Å². The second kappa shape index (κ2) is 6.25. The predicted molar refractivity (Wildman–Crippen MR) is 105 cm³/mol. The lowest BCUT2D eigenvalue weighted by molar-refractivity contribution is 0.634. The van der Waals surface area contributed by atoms with Gasteiger partial charge in [0.1, 0.15) is 11.2 Å². The van der Waals surface area contributed by atoms with Crippen molar-refractivity contribution >= 4 is 30.0 Å². The van der Waals surface area contributed by atoms with Gasteiger partial charge in [-0.3, -0.25) is 0 Å². The molecule has 1 heterocycles. The van der Waals surface area contributed by atoms with E-state index in [0.29, 0.717) is 0 Å². The highest BCUT2D eigenvalue weighted by Crippen LogP contribution is 2.42. The summed E-state index contributed by atoms with van der Waals surface area (Å²) < 4.78 is 12.8. The zero-order valence-corrected chi connectivity index (χ0v) is 15.8. The summed E-state index contributed by atoms with van der Waals surface area (Å²) in [6, 6.07) is 9.03. The van der Waals surface area contributed by atoms with Crippen molar-refractivity contribution in [1.82, 2.24) is 0 Å². The van der Waals surface area contributed by atoms with Gasteiger partial charge in [0.15, 0.2) is 0 Å². The zero-order valence-electron chi connectivity index (χ0n) is 14.9. The lowest BCUT2D eigenvalue weighted by Gasteiger charge is -2.20. The van der Waals surface area contributed by atoms with Crippen LogP contribution in [-0.2, 0) is 31.8 Å². The van der Waals surface area contributed by atoms with E-state index in [1.165, 1.54) is 84.4 Å². The van der Waals surface area contributed by atoms with Crippen LogP contribution in [0.3, 0.4) is 0 Å². The fraction of sp³-hybridized carbons (Fsp3) is 0.455. The van der Waals surface area contributed by atoms with Gasteiger partial charge in [0.2, 0.25) is 8.01 Å². The smallest absolute Gasteiger partial charge is 0.216 e. The Labute approximate surface area is 149 Å². The van der Waals surface area contributed by atoms with Crippen molar-refractivity contribution < 1.29 is 8.39 Å². The summed E-state index contributed by atoms with van der Waals surface area (Å²) in [6.07, 6.45) is 10.9. The van der Waals surface area contributed by atoms with Crippen molar-refractivity contribution in [1.29, 1.82) is 0 Å². The maximum Gasteiger partial charge on any atom is 0.216 e. The fourth-order valence-corrected chi connectivity index (χ4v) is 5.72. The van der Waals surface area contributed by atoms with Gasteiger partial charge in [0, 0.05) is 16.9 Å². The van der Waals surface area contributed by atoms with E-state index in [-0.39, 0.29) is 0 Å². The van der Waals surface area contributed by atoms with Gasteiger partial charge in [-0.25, -0.2) is 0 Å². The number of hydrogen-bond donors (Lipinski definition) is 0. The maximum atomic E-state index is 6.39. The van der Waals surface area contributed by atoms with Crippen LogP contribution in [0.4, 0.5) is 0 Å². The standard InChI is InChI=1S/C22H25O2P/c1-2-25-23-19-13-11-15-7-3-5-9-17(15)21(19)22-18-10-6-4-8-16(18)12-14-20(22)24-25/h11-14H,2-10H2,1H3. The normalized spacial score (nSPS) is 16.7. The van der Waals surface area contributed by atoms with Crippen LogP contribution in [0.1, 0.15) is 54.9 Å². The molecule has 0 unspecified atom stereocenters. The second-order valence-electron chi connectivity index (χ2n) is 7.40. The van der Waals surface area contributed by atoms with Crippen LogP contribution in [0.15, 0.2) is 32.7 Å². The molecule has 0 radical (unpaired) electrons. The molecule has 130 valence electrons. The minimum Gasteiger partial charge on any atom is -0.419 e. The molecule has 3 heteroatoms. The lowest BCUT2D eigenvalue weighted by atomic mass is 9.84. The molecule has 2 aromatic carbocycles. The van der Waals surface area contributed by atoms with Crippen LogP contribution in [-0.4, -0.2) is 0 Å². The maximum absolute atomic E-state index is 6.39. The minimum absolute atomic E-state index is 0.896. The molecule has 0 N–H and O–H groups in total. The van der Waals surface area contributed by atoms with Crippen molar-refractivity contribution in [3.63, 3.8) is 0 Å². The number of benzene rings is 2. The first-order valence-corrected chi connectivity index (χ1v) is 11.1.